The molecule has 1 aromatic rings. The molecule has 6 heteroatoms. The predicted molar refractivity (Wildman–Crippen MR) is 72.2 cm³/mol. The van der Waals surface area contributed by atoms with Gasteiger partial charge in [0.05, 0.1) is 12.0 Å². The van der Waals surface area contributed by atoms with E-state index in [4.69, 9.17) is 4.74 Å². The van der Waals surface area contributed by atoms with E-state index >= 15 is 0 Å². The van der Waals surface area contributed by atoms with Crippen molar-refractivity contribution < 1.29 is 9.66 Å². The number of rotatable bonds is 5. The largest absolute Gasteiger partial charge is 0.490 e. The number of ether oxygens (including phenoxy) is 1. The summed E-state index contributed by atoms with van der Waals surface area (Å²) in [5.74, 6) is 2.62. The monoisotopic (exact) mass is 268 g/mol. The van der Waals surface area contributed by atoms with Gasteiger partial charge in [-0.1, -0.05) is 6.07 Å². The van der Waals surface area contributed by atoms with Gasteiger partial charge in [0.2, 0.25) is 0 Å². The molecular weight excluding hydrogens is 252 g/mol. The zero-order valence-electron chi connectivity index (χ0n) is 10.2. The van der Waals surface area contributed by atoms with Gasteiger partial charge in [-0.05, 0) is 23.8 Å². The fraction of sp³-hybridized carbons (Fsp3) is 0.500. The Morgan fingerprint density at radius 2 is 2.44 bits per heavy atom. The van der Waals surface area contributed by atoms with Crippen molar-refractivity contribution in [2.45, 2.75) is 19.0 Å². The summed E-state index contributed by atoms with van der Waals surface area (Å²) in [6.07, 6.45) is 1.17. The Morgan fingerprint density at radius 3 is 3.06 bits per heavy atom. The van der Waals surface area contributed by atoms with E-state index in [1.165, 1.54) is 19.3 Å². The molecule has 2 rings (SSSR count). The van der Waals surface area contributed by atoms with Crippen LogP contribution in [0.4, 0.5) is 5.69 Å². The molecule has 98 valence electrons. The Hall–Kier alpha value is -1.27. The van der Waals surface area contributed by atoms with Gasteiger partial charge >= 0.3 is 5.69 Å². The molecular formula is C12H16N2O3S. The lowest BCUT2D eigenvalue weighted by Gasteiger charge is -2.11. The molecule has 0 saturated carbocycles. The van der Waals surface area contributed by atoms with Crippen molar-refractivity contribution in [1.29, 1.82) is 0 Å². The van der Waals surface area contributed by atoms with Crippen molar-refractivity contribution in [3.05, 3.63) is 33.9 Å². The Kier molecular flexibility index (Phi) is 4.43. The maximum Gasteiger partial charge on any atom is 0.311 e. The molecule has 1 aliphatic rings. The topological polar surface area (TPSA) is 64.4 Å². The highest BCUT2D eigenvalue weighted by atomic mass is 32.2. The van der Waals surface area contributed by atoms with Crippen LogP contribution in [0.5, 0.6) is 5.75 Å². The van der Waals surface area contributed by atoms with Gasteiger partial charge in [-0.15, -0.1) is 0 Å². The average molecular weight is 268 g/mol. The first-order valence-corrected chi connectivity index (χ1v) is 6.98. The standard InChI is InChI=1S/C12H16N2O3S/c1-17-12-3-2-9(6-11(12)14(15)16)7-13-10-4-5-18-8-10/h2-3,6,10,13H,4-5,7-8H2,1H3. The Morgan fingerprint density at radius 1 is 1.61 bits per heavy atom. The van der Waals surface area contributed by atoms with Crippen molar-refractivity contribution in [2.75, 3.05) is 18.6 Å². The van der Waals surface area contributed by atoms with E-state index in [2.05, 4.69) is 5.32 Å². The molecule has 1 atom stereocenters. The van der Waals surface area contributed by atoms with Crippen molar-refractivity contribution in [3.8, 4) is 5.75 Å². The summed E-state index contributed by atoms with van der Waals surface area (Å²) in [6, 6.07) is 5.61. The van der Waals surface area contributed by atoms with Crippen LogP contribution in [-0.2, 0) is 6.54 Å². The van der Waals surface area contributed by atoms with Crippen molar-refractivity contribution >= 4 is 17.4 Å². The van der Waals surface area contributed by atoms with Gasteiger partial charge in [-0.2, -0.15) is 11.8 Å². The lowest BCUT2D eigenvalue weighted by atomic mass is 10.1. The minimum atomic E-state index is -0.409. The van der Waals surface area contributed by atoms with Crippen LogP contribution in [0.3, 0.4) is 0 Å². The minimum absolute atomic E-state index is 0.0256. The van der Waals surface area contributed by atoms with Gasteiger partial charge in [0.25, 0.3) is 0 Å². The van der Waals surface area contributed by atoms with E-state index in [1.807, 2.05) is 17.8 Å². The number of nitrogens with zero attached hydrogens (tertiary/aromatic N) is 1. The molecule has 0 amide bonds. The van der Waals surface area contributed by atoms with E-state index in [0.29, 0.717) is 18.3 Å². The maximum atomic E-state index is 10.9. The lowest BCUT2D eigenvalue weighted by Crippen LogP contribution is -2.27. The SMILES string of the molecule is COc1ccc(CNC2CCSC2)cc1[N+](=O)[O-]. The second-order valence-corrected chi connectivity index (χ2v) is 5.35. The average Bonchev–Trinajstić information content (AvgIpc) is 2.89. The Labute approximate surface area is 110 Å². The fourth-order valence-corrected chi connectivity index (χ4v) is 3.13. The van der Waals surface area contributed by atoms with Gasteiger partial charge in [0.15, 0.2) is 5.75 Å². The van der Waals surface area contributed by atoms with Crippen LogP contribution in [0.2, 0.25) is 0 Å². The smallest absolute Gasteiger partial charge is 0.311 e. The highest BCUT2D eigenvalue weighted by Crippen LogP contribution is 2.27. The molecule has 5 nitrogen and oxygen atoms in total. The molecule has 0 bridgehead atoms. The fourth-order valence-electron chi connectivity index (χ4n) is 1.95. The van der Waals surface area contributed by atoms with Crippen LogP contribution in [0, 0.1) is 10.1 Å². The third kappa shape index (κ3) is 3.14. The molecule has 1 N–H and O–H groups in total. The van der Waals surface area contributed by atoms with E-state index in [0.717, 1.165) is 11.3 Å². The van der Waals surface area contributed by atoms with Gasteiger partial charge in [0.1, 0.15) is 0 Å². The van der Waals surface area contributed by atoms with E-state index in [-0.39, 0.29) is 5.69 Å². The number of benzene rings is 1. The van der Waals surface area contributed by atoms with E-state index < -0.39 is 4.92 Å². The van der Waals surface area contributed by atoms with Crippen LogP contribution < -0.4 is 10.1 Å². The first-order valence-electron chi connectivity index (χ1n) is 5.83. The minimum Gasteiger partial charge on any atom is -0.490 e. The number of hydrogen-bond acceptors (Lipinski definition) is 5. The van der Waals surface area contributed by atoms with Crippen LogP contribution >= 0.6 is 11.8 Å². The molecule has 1 aromatic carbocycles. The highest BCUT2D eigenvalue weighted by Gasteiger charge is 2.17. The molecule has 0 radical (unpaired) electrons. The maximum absolute atomic E-state index is 10.9. The molecule has 0 aromatic heterocycles. The third-order valence-corrected chi connectivity index (χ3v) is 4.13. The van der Waals surface area contributed by atoms with Crippen LogP contribution in [0.1, 0.15) is 12.0 Å². The molecule has 0 aliphatic carbocycles. The Bertz CT molecular complexity index is 433. The van der Waals surface area contributed by atoms with Crippen LogP contribution in [0.15, 0.2) is 18.2 Å². The lowest BCUT2D eigenvalue weighted by molar-refractivity contribution is -0.385. The number of methoxy groups -OCH3 is 1. The number of nitrogens with one attached hydrogen (secondary N) is 1. The van der Waals surface area contributed by atoms with Crippen molar-refractivity contribution in [2.24, 2.45) is 0 Å². The van der Waals surface area contributed by atoms with Crippen molar-refractivity contribution in [3.63, 3.8) is 0 Å². The quantitative estimate of drug-likeness (QED) is 0.655. The summed E-state index contributed by atoms with van der Waals surface area (Å²) < 4.78 is 4.97. The number of thioether (sulfide) groups is 1. The zero-order valence-corrected chi connectivity index (χ0v) is 11.0. The molecule has 1 fully saturated rings. The zero-order chi connectivity index (χ0) is 13.0. The molecule has 18 heavy (non-hydrogen) atoms. The van der Waals surface area contributed by atoms with Gasteiger partial charge < -0.3 is 10.1 Å². The van der Waals surface area contributed by atoms with Gasteiger partial charge in [-0.25, -0.2) is 0 Å². The number of hydrogen-bond donors (Lipinski definition) is 1. The first kappa shape index (κ1) is 13.2. The van der Waals surface area contributed by atoms with Crippen LogP contribution in [-0.4, -0.2) is 29.6 Å². The summed E-state index contributed by atoms with van der Waals surface area (Å²) in [7, 11) is 1.44. The first-order chi connectivity index (χ1) is 8.70. The molecule has 1 heterocycles. The number of nitro benzene ring substituents is 1. The van der Waals surface area contributed by atoms with Gasteiger partial charge in [0, 0.05) is 24.4 Å². The molecule has 1 unspecified atom stereocenters. The highest BCUT2D eigenvalue weighted by molar-refractivity contribution is 7.99. The van der Waals surface area contributed by atoms with E-state index in [1.54, 1.807) is 12.1 Å². The summed E-state index contributed by atoms with van der Waals surface area (Å²) in [5, 5.41) is 14.3. The summed E-state index contributed by atoms with van der Waals surface area (Å²) >= 11 is 1.94. The summed E-state index contributed by atoms with van der Waals surface area (Å²) in [5.41, 5.74) is 0.942. The van der Waals surface area contributed by atoms with Crippen molar-refractivity contribution in [1.82, 2.24) is 5.32 Å². The van der Waals surface area contributed by atoms with Crippen LogP contribution in [0.25, 0.3) is 0 Å². The normalized spacial score (nSPS) is 18.8. The number of nitro groups is 1. The second kappa shape index (κ2) is 6.06. The summed E-state index contributed by atoms with van der Waals surface area (Å²) in [4.78, 5) is 10.5. The predicted octanol–water partition coefficient (Wildman–Crippen LogP) is 2.20. The molecule has 0 spiro atoms. The molecule has 1 aliphatic heterocycles. The Balaban J connectivity index is 2.04. The molecule has 1 saturated heterocycles. The van der Waals surface area contributed by atoms with Gasteiger partial charge in [-0.3, -0.25) is 10.1 Å². The second-order valence-electron chi connectivity index (χ2n) is 4.20. The van der Waals surface area contributed by atoms with E-state index in [9.17, 15) is 10.1 Å². The summed E-state index contributed by atoms with van der Waals surface area (Å²) in [6.45, 7) is 0.663. The third-order valence-electron chi connectivity index (χ3n) is 2.96.